The van der Waals surface area contributed by atoms with Crippen LogP contribution in [0.5, 0.6) is 23.0 Å². The van der Waals surface area contributed by atoms with Crippen molar-refractivity contribution in [3.8, 4) is 23.0 Å². The molecule has 2 fully saturated rings. The number of carbonyl (C=O) groups is 1. The minimum atomic E-state index is -0.304. The molecule has 1 atom stereocenters. The summed E-state index contributed by atoms with van der Waals surface area (Å²) in [6.07, 6.45) is 4.08. The van der Waals surface area contributed by atoms with E-state index in [2.05, 4.69) is 41.9 Å². The summed E-state index contributed by atoms with van der Waals surface area (Å²) in [4.78, 5) is 20.4. The minimum absolute atomic E-state index is 0.0894. The summed E-state index contributed by atoms with van der Waals surface area (Å²) in [6.45, 7) is 8.09. The fourth-order valence-electron chi connectivity index (χ4n) is 6.56. The molecular weight excluding hydrogens is 482 g/mol. The first-order chi connectivity index (χ1) is 18.4. The van der Waals surface area contributed by atoms with E-state index in [0.29, 0.717) is 13.1 Å². The third-order valence-electron chi connectivity index (χ3n) is 8.41. The summed E-state index contributed by atoms with van der Waals surface area (Å²) in [5.41, 5.74) is 4.20. The Balaban J connectivity index is 1.43. The fraction of sp³-hybridized carbons (Fsp3) is 0.500. The first kappa shape index (κ1) is 26.2. The Morgan fingerprint density at radius 3 is 2.11 bits per heavy atom. The Bertz CT molecular complexity index is 1210. The third kappa shape index (κ3) is 4.34. The SMILES string of the molecule is CCN1C(=O)N2Cc3cc(OC)cc(OC)c3[C@H](C)C=C2C12CCN(Cc1cc(OC)cc(OC)c1)CC2. The lowest BCUT2D eigenvalue weighted by Gasteiger charge is -2.44. The highest BCUT2D eigenvalue weighted by Gasteiger charge is 2.54. The molecule has 8 heteroatoms. The lowest BCUT2D eigenvalue weighted by molar-refractivity contribution is 0.0887. The number of allylic oxidation sites excluding steroid dienone is 1. The van der Waals surface area contributed by atoms with Crippen LogP contribution in [0.1, 0.15) is 49.3 Å². The molecule has 0 unspecified atom stereocenters. The largest absolute Gasteiger partial charge is 0.497 e. The predicted molar refractivity (Wildman–Crippen MR) is 146 cm³/mol. The number of piperidine rings is 1. The summed E-state index contributed by atoms with van der Waals surface area (Å²) in [7, 11) is 6.71. The number of likely N-dealkylation sites (N-methyl/N-ethyl adjacent to an activating group) is 1. The topological polar surface area (TPSA) is 63.7 Å². The summed E-state index contributed by atoms with van der Waals surface area (Å²) < 4.78 is 22.3. The van der Waals surface area contributed by atoms with Crippen molar-refractivity contribution in [3.63, 3.8) is 0 Å². The molecule has 0 saturated carbocycles. The van der Waals surface area contributed by atoms with Gasteiger partial charge in [0.25, 0.3) is 0 Å². The van der Waals surface area contributed by atoms with Gasteiger partial charge in [-0.2, -0.15) is 0 Å². The second-order valence-electron chi connectivity index (χ2n) is 10.4. The molecule has 0 N–H and O–H groups in total. The van der Waals surface area contributed by atoms with E-state index in [0.717, 1.165) is 77.9 Å². The molecule has 0 aliphatic carbocycles. The molecular formula is C30H39N3O5. The molecule has 0 bridgehead atoms. The van der Waals surface area contributed by atoms with Crippen molar-refractivity contribution >= 4 is 6.03 Å². The van der Waals surface area contributed by atoms with Crippen LogP contribution < -0.4 is 18.9 Å². The Morgan fingerprint density at radius 2 is 1.53 bits per heavy atom. The Labute approximate surface area is 225 Å². The molecule has 0 aromatic heterocycles. The number of hydrogen-bond donors (Lipinski definition) is 0. The lowest BCUT2D eigenvalue weighted by Crippen LogP contribution is -2.53. The van der Waals surface area contributed by atoms with Crippen molar-refractivity contribution in [2.45, 2.75) is 51.2 Å². The number of nitrogens with zero attached hydrogens (tertiary/aromatic N) is 3. The van der Waals surface area contributed by atoms with Crippen LogP contribution in [0.4, 0.5) is 4.79 Å². The van der Waals surface area contributed by atoms with Gasteiger partial charge >= 0.3 is 6.03 Å². The molecule has 3 heterocycles. The van der Waals surface area contributed by atoms with Gasteiger partial charge in [0.15, 0.2) is 0 Å². The van der Waals surface area contributed by atoms with Crippen LogP contribution in [-0.4, -0.2) is 74.3 Å². The van der Waals surface area contributed by atoms with Crippen molar-refractivity contribution < 1.29 is 23.7 Å². The van der Waals surface area contributed by atoms with Gasteiger partial charge in [0.2, 0.25) is 0 Å². The molecule has 8 nitrogen and oxygen atoms in total. The maximum atomic E-state index is 13.8. The fourth-order valence-corrected chi connectivity index (χ4v) is 6.56. The van der Waals surface area contributed by atoms with Crippen molar-refractivity contribution in [1.29, 1.82) is 0 Å². The van der Waals surface area contributed by atoms with E-state index in [1.165, 1.54) is 0 Å². The van der Waals surface area contributed by atoms with Crippen LogP contribution in [0.25, 0.3) is 0 Å². The lowest BCUT2D eigenvalue weighted by atomic mass is 9.82. The molecule has 1 spiro atoms. The number of benzene rings is 2. The molecule has 3 aliphatic heterocycles. The third-order valence-corrected chi connectivity index (χ3v) is 8.41. The van der Waals surface area contributed by atoms with Gasteiger partial charge < -0.3 is 23.8 Å². The van der Waals surface area contributed by atoms with Crippen LogP contribution in [-0.2, 0) is 13.1 Å². The summed E-state index contributed by atoms with van der Waals surface area (Å²) in [5.74, 6) is 3.25. The summed E-state index contributed by atoms with van der Waals surface area (Å²) >= 11 is 0. The Morgan fingerprint density at radius 1 is 0.895 bits per heavy atom. The highest BCUT2D eigenvalue weighted by atomic mass is 16.5. The standard InChI is InChI=1S/C30H39N3O5/c1-7-33-29(34)32-19-22-15-25(37-5)17-26(38-6)28(22)20(2)12-27(32)30(33)8-10-31(11-9-30)18-21-13-23(35-3)16-24(14-21)36-4/h12-17,20H,7-11,18-19H2,1-6H3/t20-/m1/s1. The minimum Gasteiger partial charge on any atom is -0.497 e. The average molecular weight is 522 g/mol. The number of ether oxygens (including phenoxy) is 4. The second-order valence-corrected chi connectivity index (χ2v) is 10.4. The normalized spacial score (nSPS) is 20.5. The van der Waals surface area contributed by atoms with E-state index in [1.807, 2.05) is 23.1 Å². The first-order valence-electron chi connectivity index (χ1n) is 13.4. The van der Waals surface area contributed by atoms with Crippen LogP contribution in [0.3, 0.4) is 0 Å². The zero-order chi connectivity index (χ0) is 27.0. The van der Waals surface area contributed by atoms with Gasteiger partial charge in [-0.25, -0.2) is 4.79 Å². The van der Waals surface area contributed by atoms with Crippen LogP contribution in [0.15, 0.2) is 42.1 Å². The van der Waals surface area contributed by atoms with Crippen molar-refractivity contribution in [2.24, 2.45) is 0 Å². The molecule has 204 valence electrons. The second kappa shape index (κ2) is 10.4. The molecule has 3 aliphatic rings. The molecule has 2 aromatic carbocycles. The number of rotatable bonds is 7. The molecule has 2 aromatic rings. The van der Waals surface area contributed by atoms with Crippen LogP contribution >= 0.6 is 0 Å². The van der Waals surface area contributed by atoms with Crippen molar-refractivity contribution in [3.05, 3.63) is 58.8 Å². The number of methoxy groups -OCH3 is 4. The molecule has 38 heavy (non-hydrogen) atoms. The van der Waals surface area contributed by atoms with Gasteiger partial charge in [-0.3, -0.25) is 9.80 Å². The quantitative estimate of drug-likeness (QED) is 0.510. The maximum absolute atomic E-state index is 13.8. The number of amides is 2. The number of carbonyl (C=O) groups excluding carboxylic acids is 1. The van der Waals surface area contributed by atoms with Gasteiger partial charge in [0.05, 0.1) is 40.5 Å². The van der Waals surface area contributed by atoms with Crippen LogP contribution in [0, 0.1) is 0 Å². The van der Waals surface area contributed by atoms with Crippen molar-refractivity contribution in [2.75, 3.05) is 48.1 Å². The zero-order valence-electron chi connectivity index (χ0n) is 23.4. The molecule has 5 rings (SSSR count). The monoisotopic (exact) mass is 521 g/mol. The zero-order valence-corrected chi connectivity index (χ0v) is 23.4. The average Bonchev–Trinajstić information content (AvgIpc) is 3.03. The predicted octanol–water partition coefficient (Wildman–Crippen LogP) is 5.01. The number of likely N-dealkylation sites (tertiary alicyclic amines) is 1. The molecule has 2 amide bonds. The van der Waals surface area contributed by atoms with E-state index in [-0.39, 0.29) is 17.5 Å². The highest BCUT2D eigenvalue weighted by molar-refractivity contribution is 5.83. The summed E-state index contributed by atoms with van der Waals surface area (Å²) in [6, 6.07) is 10.1. The Kier molecular flexibility index (Phi) is 7.18. The Hall–Kier alpha value is -3.39. The first-order valence-corrected chi connectivity index (χ1v) is 13.4. The molecule has 2 saturated heterocycles. The highest BCUT2D eigenvalue weighted by Crippen LogP contribution is 2.49. The van der Waals surface area contributed by atoms with E-state index in [4.69, 9.17) is 18.9 Å². The van der Waals surface area contributed by atoms with Crippen molar-refractivity contribution in [1.82, 2.24) is 14.7 Å². The smallest absolute Gasteiger partial charge is 0.325 e. The number of hydrogen-bond acceptors (Lipinski definition) is 6. The summed E-state index contributed by atoms with van der Waals surface area (Å²) in [5, 5.41) is 0. The molecule has 0 radical (unpaired) electrons. The van der Waals surface area contributed by atoms with Crippen LogP contribution in [0.2, 0.25) is 0 Å². The number of fused-ring (bicyclic) bond motifs is 3. The van der Waals surface area contributed by atoms with Gasteiger partial charge in [-0.05, 0) is 49.1 Å². The van der Waals surface area contributed by atoms with E-state index >= 15 is 0 Å². The van der Waals surface area contributed by atoms with E-state index in [9.17, 15) is 4.79 Å². The maximum Gasteiger partial charge on any atom is 0.325 e. The van der Waals surface area contributed by atoms with E-state index in [1.54, 1.807) is 28.4 Å². The van der Waals surface area contributed by atoms with E-state index < -0.39 is 0 Å². The number of urea groups is 1. The van der Waals surface area contributed by atoms with Gasteiger partial charge in [0.1, 0.15) is 23.0 Å². The van der Waals surface area contributed by atoms with Gasteiger partial charge in [-0.15, -0.1) is 0 Å². The van der Waals surface area contributed by atoms with Gasteiger partial charge in [-0.1, -0.05) is 13.0 Å². The van der Waals surface area contributed by atoms with Gasteiger partial charge in [0, 0.05) is 55.5 Å².